The molecule has 0 aliphatic carbocycles. The standard InChI is InChI=1S/C25H18N7S/c1-3-7-20-16(5-1)13-22(28-20)31-15-19(25-27-11-12-33-25)24(32(31)17-9-10-26-14-17)23-18-6-2-4-8-21(18)29-30-23/h1-14,24,26,28H,(H,29,30). The van der Waals surface area contributed by atoms with Crippen LogP contribution in [0.25, 0.3) is 27.4 Å². The topological polar surface area (TPSA) is 79.6 Å². The highest BCUT2D eigenvalue weighted by molar-refractivity contribution is 7.10. The van der Waals surface area contributed by atoms with Gasteiger partial charge in [0.05, 0.1) is 23.1 Å². The summed E-state index contributed by atoms with van der Waals surface area (Å²) < 4.78 is 0. The van der Waals surface area contributed by atoms with Gasteiger partial charge in [0.1, 0.15) is 16.9 Å². The summed E-state index contributed by atoms with van der Waals surface area (Å²) >= 11 is 1.61. The summed E-state index contributed by atoms with van der Waals surface area (Å²) in [6.45, 7) is 0. The molecular formula is C25H18N7S. The second-order valence-corrected chi connectivity index (χ2v) is 8.78. The molecule has 7 rings (SSSR count). The molecule has 3 N–H and O–H groups in total. The lowest BCUT2D eigenvalue weighted by atomic mass is 10.0. The molecule has 1 atom stereocenters. The largest absolute Gasteiger partial charge is 0.366 e. The molecule has 0 fully saturated rings. The first-order valence-electron chi connectivity index (χ1n) is 10.6. The zero-order valence-electron chi connectivity index (χ0n) is 17.4. The van der Waals surface area contributed by atoms with E-state index in [1.165, 1.54) is 0 Å². The lowest BCUT2D eigenvalue weighted by Crippen LogP contribution is -2.38. The van der Waals surface area contributed by atoms with Gasteiger partial charge in [0.15, 0.2) is 0 Å². The Balaban J connectivity index is 1.47. The second-order valence-electron chi connectivity index (χ2n) is 7.89. The molecule has 1 aliphatic rings. The molecule has 4 aromatic heterocycles. The van der Waals surface area contributed by atoms with Crippen molar-refractivity contribution in [3.63, 3.8) is 0 Å². The van der Waals surface area contributed by atoms with Crippen molar-refractivity contribution in [2.45, 2.75) is 6.04 Å². The van der Waals surface area contributed by atoms with Crippen LogP contribution in [0.2, 0.25) is 0 Å². The Hall–Kier alpha value is -4.30. The van der Waals surface area contributed by atoms with Gasteiger partial charge >= 0.3 is 0 Å². The normalized spacial score (nSPS) is 16.2. The van der Waals surface area contributed by atoms with Gasteiger partial charge in [-0.1, -0.05) is 36.4 Å². The second kappa shape index (κ2) is 7.11. The third-order valence-electron chi connectivity index (χ3n) is 5.97. The number of hydrazine groups is 1. The number of para-hydroxylation sites is 2. The molecule has 0 spiro atoms. The van der Waals surface area contributed by atoms with Crippen molar-refractivity contribution >= 4 is 50.2 Å². The van der Waals surface area contributed by atoms with Gasteiger partial charge in [-0.25, -0.2) is 9.99 Å². The van der Waals surface area contributed by atoms with Crippen molar-refractivity contribution < 1.29 is 0 Å². The van der Waals surface area contributed by atoms with Crippen LogP contribution in [0, 0.1) is 6.20 Å². The number of aromatic nitrogens is 5. The minimum atomic E-state index is -0.213. The third kappa shape index (κ3) is 2.81. The molecule has 1 unspecified atom stereocenters. The predicted molar refractivity (Wildman–Crippen MR) is 132 cm³/mol. The van der Waals surface area contributed by atoms with E-state index in [-0.39, 0.29) is 6.04 Å². The van der Waals surface area contributed by atoms with Gasteiger partial charge in [0.2, 0.25) is 0 Å². The Morgan fingerprint density at radius 3 is 2.70 bits per heavy atom. The van der Waals surface area contributed by atoms with Crippen LogP contribution in [0.5, 0.6) is 0 Å². The van der Waals surface area contributed by atoms with E-state index in [1.54, 1.807) is 11.3 Å². The Kier molecular flexibility index (Phi) is 3.94. The maximum absolute atomic E-state index is 4.77. The fraction of sp³-hybridized carbons (Fsp3) is 0.0400. The Bertz CT molecular complexity index is 1560. The average Bonchev–Trinajstić information content (AvgIpc) is 3.65. The quantitative estimate of drug-likeness (QED) is 0.325. The number of rotatable bonds is 4. The summed E-state index contributed by atoms with van der Waals surface area (Å²) in [6.07, 6.45) is 9.39. The van der Waals surface area contributed by atoms with E-state index in [1.807, 2.05) is 59.3 Å². The first-order valence-corrected chi connectivity index (χ1v) is 11.5. The Morgan fingerprint density at radius 2 is 1.88 bits per heavy atom. The molecule has 6 aromatic rings. The van der Waals surface area contributed by atoms with E-state index >= 15 is 0 Å². The fourth-order valence-electron chi connectivity index (χ4n) is 4.50. The SMILES string of the molecule is [C]1=C(c2nccs2)C(c2n[nH]c3ccccc23)N(c2cc[nH]c2)N1c1cc2ccccc2[nH]1. The van der Waals surface area contributed by atoms with E-state index in [4.69, 9.17) is 5.10 Å². The number of benzene rings is 2. The van der Waals surface area contributed by atoms with Crippen LogP contribution in [0.15, 0.2) is 84.6 Å². The van der Waals surface area contributed by atoms with E-state index in [0.29, 0.717) is 0 Å². The maximum Gasteiger partial charge on any atom is 0.131 e. The van der Waals surface area contributed by atoms with Gasteiger partial charge < -0.3 is 9.97 Å². The molecule has 0 bridgehead atoms. The number of fused-ring (bicyclic) bond motifs is 2. The third-order valence-corrected chi connectivity index (χ3v) is 6.78. The summed E-state index contributed by atoms with van der Waals surface area (Å²) in [4.78, 5) is 11.4. The van der Waals surface area contributed by atoms with Gasteiger partial charge in [0.25, 0.3) is 0 Å². The van der Waals surface area contributed by atoms with Crippen molar-refractivity contribution in [3.05, 3.63) is 102 Å². The predicted octanol–water partition coefficient (Wildman–Crippen LogP) is 5.66. The van der Waals surface area contributed by atoms with Crippen molar-refractivity contribution in [1.82, 2.24) is 25.1 Å². The molecule has 0 amide bonds. The van der Waals surface area contributed by atoms with Gasteiger partial charge in [-0.2, -0.15) is 5.10 Å². The first-order chi connectivity index (χ1) is 16.4. The molecule has 0 saturated heterocycles. The maximum atomic E-state index is 4.77. The zero-order chi connectivity index (χ0) is 21.8. The highest BCUT2D eigenvalue weighted by Gasteiger charge is 2.40. The first kappa shape index (κ1) is 18.3. The Morgan fingerprint density at radius 1 is 1.00 bits per heavy atom. The van der Waals surface area contributed by atoms with E-state index in [9.17, 15) is 0 Å². The minimum absolute atomic E-state index is 0.213. The Labute approximate surface area is 193 Å². The number of H-pyrrole nitrogens is 3. The van der Waals surface area contributed by atoms with Gasteiger partial charge in [0, 0.05) is 45.8 Å². The molecule has 33 heavy (non-hydrogen) atoms. The van der Waals surface area contributed by atoms with Gasteiger partial charge in [-0.05, 0) is 24.3 Å². The molecule has 5 heterocycles. The van der Waals surface area contributed by atoms with E-state index in [0.717, 1.165) is 49.6 Å². The molecule has 159 valence electrons. The van der Waals surface area contributed by atoms with Crippen LogP contribution in [-0.2, 0) is 0 Å². The summed E-state index contributed by atoms with van der Waals surface area (Å²) in [5.74, 6) is 0.925. The van der Waals surface area contributed by atoms with E-state index in [2.05, 4.69) is 61.6 Å². The van der Waals surface area contributed by atoms with Crippen LogP contribution >= 0.6 is 11.3 Å². The molecule has 2 aromatic carbocycles. The van der Waals surface area contributed by atoms with Gasteiger partial charge in [-0.15, -0.1) is 11.3 Å². The summed E-state index contributed by atoms with van der Waals surface area (Å²) in [5, 5.41) is 17.4. The highest BCUT2D eigenvalue weighted by atomic mass is 32.1. The van der Waals surface area contributed by atoms with Crippen LogP contribution in [0.3, 0.4) is 0 Å². The van der Waals surface area contributed by atoms with Crippen molar-refractivity contribution in [3.8, 4) is 0 Å². The summed E-state index contributed by atoms with van der Waals surface area (Å²) in [7, 11) is 0. The molecular weight excluding hydrogens is 430 g/mol. The monoisotopic (exact) mass is 448 g/mol. The van der Waals surface area contributed by atoms with Crippen LogP contribution in [0.1, 0.15) is 16.7 Å². The smallest absolute Gasteiger partial charge is 0.131 e. The van der Waals surface area contributed by atoms with Crippen LogP contribution in [0.4, 0.5) is 11.5 Å². The lowest BCUT2D eigenvalue weighted by molar-refractivity contribution is 0.752. The number of hydrogen-bond donors (Lipinski definition) is 3. The molecule has 1 aliphatic heterocycles. The number of nitrogens with zero attached hydrogens (tertiary/aromatic N) is 4. The molecule has 7 nitrogen and oxygen atoms in total. The highest BCUT2D eigenvalue weighted by Crippen LogP contribution is 2.46. The lowest BCUT2D eigenvalue weighted by Gasteiger charge is -2.33. The molecule has 1 radical (unpaired) electrons. The molecule has 0 saturated carbocycles. The van der Waals surface area contributed by atoms with Crippen LogP contribution in [-0.4, -0.2) is 25.1 Å². The number of hydrogen-bond acceptors (Lipinski definition) is 5. The number of nitrogens with one attached hydrogen (secondary N) is 3. The van der Waals surface area contributed by atoms with Crippen molar-refractivity contribution in [1.29, 1.82) is 0 Å². The summed E-state index contributed by atoms with van der Waals surface area (Å²) in [5.41, 5.74) is 4.99. The van der Waals surface area contributed by atoms with Gasteiger partial charge in [-0.3, -0.25) is 10.1 Å². The van der Waals surface area contributed by atoms with Crippen LogP contribution < -0.4 is 10.0 Å². The fourth-order valence-corrected chi connectivity index (χ4v) is 5.16. The van der Waals surface area contributed by atoms with Crippen molar-refractivity contribution in [2.75, 3.05) is 10.0 Å². The summed E-state index contributed by atoms with van der Waals surface area (Å²) in [6, 6.07) is 20.5. The average molecular weight is 449 g/mol. The zero-order valence-corrected chi connectivity index (χ0v) is 18.2. The van der Waals surface area contributed by atoms with Crippen molar-refractivity contribution in [2.24, 2.45) is 0 Å². The molecule has 8 heteroatoms. The number of thiazole rings is 1. The number of anilines is 2. The van der Waals surface area contributed by atoms with E-state index < -0.39 is 0 Å². The minimum Gasteiger partial charge on any atom is -0.366 e. The number of aromatic amines is 3.